The zero-order valence-corrected chi connectivity index (χ0v) is 41.9. The van der Waals surface area contributed by atoms with Crippen molar-refractivity contribution in [3.8, 4) is 5.75 Å². The molecule has 19 heteroatoms. The number of nitrogens with one attached hydrogen (secondary N) is 1. The number of piperazine rings is 1. The van der Waals surface area contributed by atoms with Gasteiger partial charge < -0.3 is 60.7 Å². The number of hydrogen-bond acceptors (Lipinski definition) is 16. The maximum absolute atomic E-state index is 11.9. The molecule has 19 nitrogen and oxygen atoms in total. The molecule has 3 aromatic rings. The zero-order valence-electron chi connectivity index (χ0n) is 41.9. The monoisotopic (exact) mass is 943 g/mol. The Labute approximate surface area is 400 Å². The molecule has 1 aromatic carbocycles. The number of carbonyl (C=O) groups excluding carboxylic acids is 3. The largest absolute Gasteiger partial charge is 0.496 e. The highest BCUT2D eigenvalue weighted by Crippen LogP contribution is 2.27. The van der Waals surface area contributed by atoms with Crippen molar-refractivity contribution >= 4 is 41.4 Å². The van der Waals surface area contributed by atoms with Gasteiger partial charge in [0.15, 0.2) is 5.82 Å². The number of benzene rings is 1. The van der Waals surface area contributed by atoms with Crippen molar-refractivity contribution in [3.05, 3.63) is 53.5 Å². The van der Waals surface area contributed by atoms with Gasteiger partial charge in [-0.05, 0) is 24.1 Å². The number of primary amides is 1. The van der Waals surface area contributed by atoms with Crippen LogP contribution in [0.25, 0.3) is 11.0 Å². The van der Waals surface area contributed by atoms with Gasteiger partial charge in [0.25, 0.3) is 0 Å². The smallest absolute Gasteiger partial charge is 0.223 e. The zero-order chi connectivity index (χ0) is 49.7. The highest BCUT2D eigenvalue weighted by molar-refractivity contribution is 5.87. The standard InChI is InChI=1S/C40H65N11O6.C5H12.C2H6.CH3NO/c1-4-5-6-12-44-39-38-35(45-40(42)46-39)11-13-50(38)29-33-10-9-32(27-36(33)54-3)28-49-16-14-48(15-17-49)18-21-55-23-25-57-26-24-56-22-19-51(43)31-34(41)30-47(2)37(53)8-7-20-52;1-3-5-4-2;1-2;2-1-3/h9-11,13,20,27,31H,4-8,12,14-19,21-26,28-30,41,43H2,1-3H3,(H3,42,44,45,46);3-5H2,1-2H3;1-2H3;1H,(H2,2,3)/b34-31-;;;. The number of amides is 2. The molecule has 0 atom stereocenters. The molecule has 0 saturated carbocycles. The number of nitrogen functional groups attached to an aromatic ring is 1. The van der Waals surface area contributed by atoms with Crippen LogP contribution in [0.3, 0.4) is 0 Å². The van der Waals surface area contributed by atoms with Crippen LogP contribution >= 0.6 is 0 Å². The van der Waals surface area contributed by atoms with Gasteiger partial charge in [0.1, 0.15) is 17.6 Å². The highest BCUT2D eigenvalue weighted by atomic mass is 16.5. The third-order valence-corrected chi connectivity index (χ3v) is 10.4. The Hall–Kier alpha value is -5.05. The number of likely N-dealkylation sites (N-methyl/N-ethyl adjacent to an activating group) is 1. The lowest BCUT2D eigenvalue weighted by molar-refractivity contribution is -0.130. The Kier molecular flexibility index (Phi) is 34.0. The Morgan fingerprint density at radius 1 is 0.866 bits per heavy atom. The molecule has 380 valence electrons. The van der Waals surface area contributed by atoms with E-state index in [0.717, 1.165) is 99.5 Å². The summed E-state index contributed by atoms with van der Waals surface area (Å²) in [5.41, 5.74) is 20.7. The predicted octanol–water partition coefficient (Wildman–Crippen LogP) is 4.58. The lowest BCUT2D eigenvalue weighted by Gasteiger charge is -2.34. The average molecular weight is 943 g/mol. The fourth-order valence-corrected chi connectivity index (χ4v) is 6.90. The quantitative estimate of drug-likeness (QED) is 0.0266. The fraction of sp³-hybridized carbons (Fsp3) is 0.646. The molecule has 2 aromatic heterocycles. The first-order chi connectivity index (χ1) is 32.5. The molecule has 4 rings (SSSR count). The number of hydrogen-bond donors (Lipinski definition) is 5. The topological polar surface area (TPSA) is 248 Å². The van der Waals surface area contributed by atoms with E-state index in [9.17, 15) is 9.59 Å². The molecule has 1 aliphatic rings. The van der Waals surface area contributed by atoms with Gasteiger partial charge in [-0.1, -0.05) is 78.9 Å². The molecule has 0 unspecified atom stereocenters. The lowest BCUT2D eigenvalue weighted by Crippen LogP contribution is -2.46. The van der Waals surface area contributed by atoms with Crippen LogP contribution in [0.2, 0.25) is 0 Å². The van der Waals surface area contributed by atoms with Gasteiger partial charge in [-0.2, -0.15) is 4.98 Å². The molecule has 0 aliphatic carbocycles. The SMILES string of the molecule is CC.CCCCC.CCCCCNc1nc(N)nc2ccn(Cc3ccc(CN4CCN(CCOCCOCCOCCN(N)/C=C(\N)CN(C)C(=O)CCC=O)CC4)cc3OC)c12.NC=O. The number of fused-ring (bicyclic) bond motifs is 1. The fourth-order valence-electron chi connectivity index (χ4n) is 6.90. The van der Waals surface area contributed by atoms with Gasteiger partial charge in [0.2, 0.25) is 18.3 Å². The average Bonchev–Trinajstić information content (AvgIpc) is 3.72. The highest BCUT2D eigenvalue weighted by Gasteiger charge is 2.18. The number of unbranched alkanes of at least 4 members (excludes halogenated alkanes) is 4. The molecule has 0 spiro atoms. The number of aldehydes is 1. The van der Waals surface area contributed by atoms with Gasteiger partial charge in [0.05, 0.1) is 71.9 Å². The van der Waals surface area contributed by atoms with E-state index in [2.05, 4.69) is 74.4 Å². The number of aromatic nitrogens is 3. The number of ether oxygens (including phenoxy) is 4. The summed E-state index contributed by atoms with van der Waals surface area (Å²) in [5.74, 6) is 7.71. The van der Waals surface area contributed by atoms with Crippen LogP contribution in [-0.2, 0) is 41.7 Å². The molecule has 2 amide bonds. The number of methoxy groups -OCH3 is 1. The second kappa shape index (κ2) is 38.0. The van der Waals surface area contributed by atoms with Crippen LogP contribution < -0.4 is 33.1 Å². The Balaban J connectivity index is 0.00000205. The maximum Gasteiger partial charge on any atom is 0.223 e. The minimum Gasteiger partial charge on any atom is -0.496 e. The van der Waals surface area contributed by atoms with Crippen LogP contribution in [0.15, 0.2) is 42.4 Å². The predicted molar refractivity (Wildman–Crippen MR) is 269 cm³/mol. The Morgan fingerprint density at radius 3 is 2.10 bits per heavy atom. The van der Waals surface area contributed by atoms with Gasteiger partial charge in [-0.3, -0.25) is 19.4 Å². The van der Waals surface area contributed by atoms with E-state index in [0.29, 0.717) is 58.4 Å². The molecular weight excluding hydrogens is 857 g/mol. The number of anilines is 2. The summed E-state index contributed by atoms with van der Waals surface area (Å²) in [6.45, 7) is 21.5. The van der Waals surface area contributed by atoms with E-state index in [1.807, 2.05) is 26.1 Å². The third-order valence-electron chi connectivity index (χ3n) is 10.4. The molecule has 9 N–H and O–H groups in total. The molecule has 1 aliphatic heterocycles. The van der Waals surface area contributed by atoms with E-state index >= 15 is 0 Å². The first-order valence-corrected chi connectivity index (χ1v) is 24.0. The second-order valence-corrected chi connectivity index (χ2v) is 15.7. The molecular formula is C48H86N12O7. The van der Waals surface area contributed by atoms with Crippen molar-refractivity contribution in [2.75, 3.05) is 117 Å². The number of nitrogens with two attached hydrogens (primary N) is 4. The molecule has 67 heavy (non-hydrogen) atoms. The molecule has 0 bridgehead atoms. The van der Waals surface area contributed by atoms with Crippen LogP contribution in [-0.4, -0.2) is 159 Å². The number of carbonyl (C=O) groups is 3. The van der Waals surface area contributed by atoms with Crippen molar-refractivity contribution in [1.29, 1.82) is 0 Å². The third kappa shape index (κ3) is 25.6. The molecule has 1 saturated heterocycles. The summed E-state index contributed by atoms with van der Waals surface area (Å²) < 4.78 is 25.1. The van der Waals surface area contributed by atoms with Gasteiger partial charge in [-0.15, -0.1) is 0 Å². The normalized spacial score (nSPS) is 12.7. The maximum atomic E-state index is 11.9. The van der Waals surface area contributed by atoms with Crippen LogP contribution in [0, 0.1) is 0 Å². The van der Waals surface area contributed by atoms with Gasteiger partial charge in [-0.25, -0.2) is 10.8 Å². The first-order valence-electron chi connectivity index (χ1n) is 24.0. The summed E-state index contributed by atoms with van der Waals surface area (Å²) >= 11 is 0. The summed E-state index contributed by atoms with van der Waals surface area (Å²) in [5, 5.41) is 4.90. The Bertz CT molecular complexity index is 1790. The Morgan fingerprint density at radius 2 is 1.49 bits per heavy atom. The van der Waals surface area contributed by atoms with E-state index in [4.69, 9.17) is 41.1 Å². The van der Waals surface area contributed by atoms with Crippen LogP contribution in [0.5, 0.6) is 5.75 Å². The number of rotatable bonds is 30. The number of nitrogens with zero attached hydrogens (tertiary/aromatic N) is 7. The van der Waals surface area contributed by atoms with Crippen LogP contribution in [0.1, 0.15) is 97.1 Å². The lowest BCUT2D eigenvalue weighted by atomic mass is 10.1. The minimum atomic E-state index is -0.148. The van der Waals surface area contributed by atoms with Gasteiger partial charge >= 0.3 is 0 Å². The van der Waals surface area contributed by atoms with Crippen molar-refractivity contribution in [2.24, 2.45) is 17.3 Å². The molecule has 0 radical (unpaired) electrons. The number of hydrazine groups is 1. The van der Waals surface area contributed by atoms with Crippen molar-refractivity contribution in [3.63, 3.8) is 0 Å². The van der Waals surface area contributed by atoms with E-state index in [1.165, 1.54) is 34.7 Å². The summed E-state index contributed by atoms with van der Waals surface area (Å²) in [6, 6.07) is 8.51. The van der Waals surface area contributed by atoms with E-state index in [1.54, 1.807) is 20.4 Å². The summed E-state index contributed by atoms with van der Waals surface area (Å²) in [4.78, 5) is 46.3. The molecule has 1 fully saturated rings. The molecule has 3 heterocycles. The summed E-state index contributed by atoms with van der Waals surface area (Å²) in [7, 11) is 3.37. The van der Waals surface area contributed by atoms with Crippen molar-refractivity contribution in [2.45, 2.75) is 99.1 Å². The second-order valence-electron chi connectivity index (χ2n) is 15.7. The summed E-state index contributed by atoms with van der Waals surface area (Å²) in [6.07, 6.45) is 12.4. The van der Waals surface area contributed by atoms with Crippen LogP contribution in [0.4, 0.5) is 11.8 Å². The minimum absolute atomic E-state index is 0.148. The van der Waals surface area contributed by atoms with E-state index < -0.39 is 0 Å². The van der Waals surface area contributed by atoms with Crippen molar-refractivity contribution < 1.29 is 33.3 Å². The van der Waals surface area contributed by atoms with Crippen molar-refractivity contribution in [1.82, 2.24) is 34.2 Å². The first kappa shape index (κ1) is 60.0. The van der Waals surface area contributed by atoms with E-state index in [-0.39, 0.29) is 37.7 Å². The van der Waals surface area contributed by atoms with Gasteiger partial charge in [0, 0.05) is 89.4 Å².